The molecule has 124 valence electrons. The second-order valence-electron chi connectivity index (χ2n) is 5.42. The molecule has 0 saturated heterocycles. The number of hydrogen-bond acceptors (Lipinski definition) is 5. The number of aromatic amines is 1. The zero-order valence-electron chi connectivity index (χ0n) is 13.7. The van der Waals surface area contributed by atoms with Crippen LogP contribution in [0.1, 0.15) is 17.0 Å². The van der Waals surface area contributed by atoms with Crippen molar-refractivity contribution < 1.29 is 4.79 Å². The van der Waals surface area contributed by atoms with Gasteiger partial charge in [0.1, 0.15) is 6.33 Å². The van der Waals surface area contributed by atoms with E-state index in [0.717, 1.165) is 22.8 Å². The highest BCUT2D eigenvalue weighted by molar-refractivity contribution is 7.99. The van der Waals surface area contributed by atoms with Crippen molar-refractivity contribution in [2.24, 2.45) is 0 Å². The molecule has 24 heavy (non-hydrogen) atoms. The Bertz CT molecular complexity index is 838. The average Bonchev–Trinajstić information content (AvgIpc) is 3.17. The Morgan fingerprint density at radius 1 is 1.25 bits per heavy atom. The summed E-state index contributed by atoms with van der Waals surface area (Å²) in [5.74, 6) is 0.148. The van der Waals surface area contributed by atoms with Gasteiger partial charge in [0.05, 0.1) is 28.5 Å². The molecule has 2 aromatic heterocycles. The van der Waals surface area contributed by atoms with E-state index in [1.165, 1.54) is 23.7 Å². The first-order valence-electron chi connectivity index (χ1n) is 7.46. The van der Waals surface area contributed by atoms with Crippen LogP contribution in [0.2, 0.25) is 0 Å². The molecule has 0 bridgehead atoms. The molecule has 0 fully saturated rings. The predicted octanol–water partition coefficient (Wildman–Crippen LogP) is 2.65. The summed E-state index contributed by atoms with van der Waals surface area (Å²) in [7, 11) is 0. The molecule has 1 aromatic carbocycles. The zero-order valence-corrected chi connectivity index (χ0v) is 14.5. The SMILES string of the molecule is Cc1ccc(-n2nc(C)c(NC(=O)CSc3ncn[nH]3)c2C)cc1. The molecule has 0 unspecified atom stereocenters. The van der Waals surface area contributed by atoms with Crippen molar-refractivity contribution in [3.63, 3.8) is 0 Å². The van der Waals surface area contributed by atoms with Gasteiger partial charge in [-0.25, -0.2) is 9.67 Å². The highest BCUT2D eigenvalue weighted by Gasteiger charge is 2.15. The summed E-state index contributed by atoms with van der Waals surface area (Å²) in [5.41, 5.74) is 4.59. The van der Waals surface area contributed by atoms with Crippen molar-refractivity contribution >= 4 is 23.4 Å². The van der Waals surface area contributed by atoms with Crippen molar-refractivity contribution in [1.82, 2.24) is 25.0 Å². The molecule has 0 spiro atoms. The number of aryl methyl sites for hydroxylation is 2. The number of hydrogen-bond donors (Lipinski definition) is 2. The number of benzene rings is 1. The van der Waals surface area contributed by atoms with E-state index in [0.29, 0.717) is 5.16 Å². The van der Waals surface area contributed by atoms with Crippen LogP contribution >= 0.6 is 11.8 Å². The molecule has 7 nitrogen and oxygen atoms in total. The number of amides is 1. The summed E-state index contributed by atoms with van der Waals surface area (Å²) >= 11 is 1.30. The number of carbonyl (C=O) groups is 1. The summed E-state index contributed by atoms with van der Waals surface area (Å²) in [5, 5.41) is 14.6. The van der Waals surface area contributed by atoms with Crippen LogP contribution < -0.4 is 5.32 Å². The number of rotatable bonds is 5. The molecular weight excluding hydrogens is 324 g/mol. The van der Waals surface area contributed by atoms with Gasteiger partial charge in [0, 0.05) is 0 Å². The summed E-state index contributed by atoms with van der Waals surface area (Å²) in [6, 6.07) is 8.11. The lowest BCUT2D eigenvalue weighted by molar-refractivity contribution is -0.113. The number of aromatic nitrogens is 5. The first-order valence-corrected chi connectivity index (χ1v) is 8.44. The normalized spacial score (nSPS) is 10.8. The van der Waals surface area contributed by atoms with Crippen LogP contribution in [0.15, 0.2) is 35.7 Å². The van der Waals surface area contributed by atoms with E-state index < -0.39 is 0 Å². The number of anilines is 1. The van der Waals surface area contributed by atoms with Crippen molar-refractivity contribution in [2.45, 2.75) is 25.9 Å². The average molecular weight is 342 g/mol. The lowest BCUT2D eigenvalue weighted by Gasteiger charge is -2.07. The van der Waals surface area contributed by atoms with Gasteiger partial charge in [0.25, 0.3) is 0 Å². The third-order valence-electron chi connectivity index (χ3n) is 3.57. The smallest absolute Gasteiger partial charge is 0.234 e. The van der Waals surface area contributed by atoms with E-state index in [2.05, 4.69) is 25.6 Å². The predicted molar refractivity (Wildman–Crippen MR) is 93.5 cm³/mol. The molecular formula is C16H18N6OS. The second-order valence-corrected chi connectivity index (χ2v) is 6.38. The minimum atomic E-state index is -0.106. The fraction of sp³-hybridized carbons (Fsp3) is 0.250. The number of nitrogens with zero attached hydrogens (tertiary/aromatic N) is 4. The third kappa shape index (κ3) is 3.48. The maximum Gasteiger partial charge on any atom is 0.234 e. The Kier molecular flexibility index (Phi) is 4.66. The van der Waals surface area contributed by atoms with Crippen LogP contribution in [-0.2, 0) is 4.79 Å². The number of carbonyl (C=O) groups excluding carboxylic acids is 1. The minimum absolute atomic E-state index is 0.106. The zero-order chi connectivity index (χ0) is 17.1. The summed E-state index contributed by atoms with van der Waals surface area (Å²) < 4.78 is 1.84. The van der Waals surface area contributed by atoms with Gasteiger partial charge in [-0.1, -0.05) is 29.5 Å². The largest absolute Gasteiger partial charge is 0.322 e. The molecule has 0 atom stereocenters. The number of nitrogens with one attached hydrogen (secondary N) is 2. The van der Waals surface area contributed by atoms with Gasteiger partial charge in [0.2, 0.25) is 5.91 Å². The molecule has 0 aliphatic carbocycles. The fourth-order valence-corrected chi connectivity index (χ4v) is 2.91. The van der Waals surface area contributed by atoms with Crippen molar-refractivity contribution in [3.8, 4) is 5.69 Å². The third-order valence-corrected chi connectivity index (χ3v) is 4.44. The quantitative estimate of drug-likeness (QED) is 0.696. The molecule has 1 amide bonds. The van der Waals surface area contributed by atoms with Gasteiger partial charge < -0.3 is 5.32 Å². The maximum absolute atomic E-state index is 12.2. The van der Waals surface area contributed by atoms with Crippen LogP contribution in [0, 0.1) is 20.8 Å². The van der Waals surface area contributed by atoms with Gasteiger partial charge in [0.15, 0.2) is 5.16 Å². The van der Waals surface area contributed by atoms with Crippen LogP contribution in [0.5, 0.6) is 0 Å². The van der Waals surface area contributed by atoms with E-state index in [4.69, 9.17) is 0 Å². The van der Waals surface area contributed by atoms with E-state index in [1.54, 1.807) is 0 Å². The number of H-pyrrole nitrogens is 1. The first-order chi connectivity index (χ1) is 11.5. The van der Waals surface area contributed by atoms with Crippen LogP contribution in [0.3, 0.4) is 0 Å². The van der Waals surface area contributed by atoms with Gasteiger partial charge in [-0.2, -0.15) is 10.2 Å². The summed E-state index contributed by atoms with van der Waals surface area (Å²) in [6.45, 7) is 5.87. The molecule has 0 saturated carbocycles. The fourth-order valence-electron chi connectivity index (χ4n) is 2.33. The lowest BCUT2D eigenvalue weighted by atomic mass is 10.2. The molecule has 0 radical (unpaired) electrons. The van der Waals surface area contributed by atoms with E-state index in [-0.39, 0.29) is 11.7 Å². The van der Waals surface area contributed by atoms with Crippen molar-refractivity contribution in [1.29, 1.82) is 0 Å². The van der Waals surface area contributed by atoms with Gasteiger partial charge in [-0.3, -0.25) is 9.89 Å². The van der Waals surface area contributed by atoms with E-state index in [9.17, 15) is 4.79 Å². The van der Waals surface area contributed by atoms with Crippen molar-refractivity contribution in [2.75, 3.05) is 11.1 Å². The molecule has 2 heterocycles. The molecule has 0 aliphatic heterocycles. The molecule has 3 aromatic rings. The molecule has 8 heteroatoms. The molecule has 0 aliphatic rings. The van der Waals surface area contributed by atoms with E-state index in [1.807, 2.05) is 49.7 Å². The second kappa shape index (κ2) is 6.88. The summed E-state index contributed by atoms with van der Waals surface area (Å²) in [4.78, 5) is 16.2. The minimum Gasteiger partial charge on any atom is -0.322 e. The number of thioether (sulfide) groups is 1. The Morgan fingerprint density at radius 2 is 2.00 bits per heavy atom. The monoisotopic (exact) mass is 342 g/mol. The lowest BCUT2D eigenvalue weighted by Crippen LogP contribution is -2.15. The molecule has 2 N–H and O–H groups in total. The van der Waals surface area contributed by atoms with E-state index >= 15 is 0 Å². The van der Waals surface area contributed by atoms with Gasteiger partial charge in [-0.15, -0.1) is 0 Å². The van der Waals surface area contributed by atoms with Crippen molar-refractivity contribution in [3.05, 3.63) is 47.5 Å². The Hall–Kier alpha value is -2.61. The Morgan fingerprint density at radius 3 is 2.67 bits per heavy atom. The van der Waals surface area contributed by atoms with Crippen LogP contribution in [-0.4, -0.2) is 36.6 Å². The first kappa shape index (κ1) is 16.3. The van der Waals surface area contributed by atoms with Gasteiger partial charge in [-0.05, 0) is 32.9 Å². The highest BCUT2D eigenvalue weighted by Crippen LogP contribution is 2.23. The van der Waals surface area contributed by atoms with Crippen LogP contribution in [0.4, 0.5) is 5.69 Å². The standard InChI is InChI=1S/C16H18N6OS/c1-10-4-6-13(7-5-10)22-12(3)15(11(2)21-22)19-14(23)8-24-16-17-9-18-20-16/h4-7,9H,8H2,1-3H3,(H,19,23)(H,17,18,20). The Balaban J connectivity index is 1.74. The van der Waals surface area contributed by atoms with Gasteiger partial charge >= 0.3 is 0 Å². The maximum atomic E-state index is 12.2. The van der Waals surface area contributed by atoms with Crippen LogP contribution in [0.25, 0.3) is 5.69 Å². The Labute approximate surface area is 143 Å². The molecule has 3 rings (SSSR count). The summed E-state index contributed by atoms with van der Waals surface area (Å²) in [6.07, 6.45) is 1.42. The topological polar surface area (TPSA) is 88.5 Å². The highest BCUT2D eigenvalue weighted by atomic mass is 32.2.